The van der Waals surface area contributed by atoms with E-state index in [2.05, 4.69) is 27.1 Å². The van der Waals surface area contributed by atoms with Crippen molar-refractivity contribution >= 4 is 29.3 Å². The minimum Gasteiger partial charge on any atom is -0.349 e. The standard InChI is InChI=1S/C23H24N4O2S/c1-2-27-20(16-8-4-3-5-9-16)14-24-23(27)30-15-21(28)26-19-11-7-6-10-18(19)22(29)25-17-12-13-17/h3-11,14,17H,2,12-13,15H2,1H3,(H,25,29)(H,26,28). The fraction of sp³-hybridized carbons (Fsp3) is 0.261. The first-order valence-electron chi connectivity index (χ1n) is 10.1. The van der Waals surface area contributed by atoms with Gasteiger partial charge in [0.2, 0.25) is 5.91 Å². The van der Waals surface area contributed by atoms with E-state index in [-0.39, 0.29) is 23.6 Å². The van der Waals surface area contributed by atoms with Crippen molar-refractivity contribution in [3.8, 4) is 11.3 Å². The highest BCUT2D eigenvalue weighted by Gasteiger charge is 2.25. The predicted molar refractivity (Wildman–Crippen MR) is 120 cm³/mol. The summed E-state index contributed by atoms with van der Waals surface area (Å²) in [5.74, 6) is -0.0993. The van der Waals surface area contributed by atoms with Crippen LogP contribution in [0.5, 0.6) is 0 Å². The molecule has 1 fully saturated rings. The summed E-state index contributed by atoms with van der Waals surface area (Å²) in [5, 5.41) is 6.64. The van der Waals surface area contributed by atoms with Crippen molar-refractivity contribution in [1.82, 2.24) is 14.9 Å². The number of rotatable bonds is 8. The van der Waals surface area contributed by atoms with Gasteiger partial charge in [-0.15, -0.1) is 0 Å². The monoisotopic (exact) mass is 420 g/mol. The third-order valence-electron chi connectivity index (χ3n) is 4.90. The van der Waals surface area contributed by atoms with Crippen molar-refractivity contribution < 1.29 is 9.59 Å². The number of thioether (sulfide) groups is 1. The van der Waals surface area contributed by atoms with Crippen molar-refractivity contribution in [3.05, 3.63) is 66.4 Å². The second-order valence-corrected chi connectivity index (χ2v) is 8.11. The second-order valence-electron chi connectivity index (χ2n) is 7.17. The molecule has 2 N–H and O–H groups in total. The number of imidazole rings is 1. The van der Waals surface area contributed by atoms with Crippen LogP contribution in [0.2, 0.25) is 0 Å². The van der Waals surface area contributed by atoms with Crippen LogP contribution in [0, 0.1) is 0 Å². The van der Waals surface area contributed by atoms with Crippen molar-refractivity contribution in [3.63, 3.8) is 0 Å². The summed E-state index contributed by atoms with van der Waals surface area (Å²) >= 11 is 1.39. The number of para-hydroxylation sites is 1. The van der Waals surface area contributed by atoms with E-state index in [0.717, 1.165) is 35.8 Å². The third-order valence-corrected chi connectivity index (χ3v) is 5.89. The van der Waals surface area contributed by atoms with E-state index in [9.17, 15) is 9.59 Å². The topological polar surface area (TPSA) is 76.0 Å². The number of aromatic nitrogens is 2. The molecule has 154 valence electrons. The molecule has 0 radical (unpaired) electrons. The molecular formula is C23H24N4O2S. The van der Waals surface area contributed by atoms with Gasteiger partial charge >= 0.3 is 0 Å². The first-order valence-corrected chi connectivity index (χ1v) is 11.1. The SMILES string of the molecule is CCn1c(-c2ccccc2)cnc1SCC(=O)Nc1ccccc1C(=O)NC1CC1. The highest BCUT2D eigenvalue weighted by Crippen LogP contribution is 2.26. The molecule has 0 saturated heterocycles. The molecule has 1 aliphatic rings. The molecule has 7 heteroatoms. The summed E-state index contributed by atoms with van der Waals surface area (Å²) < 4.78 is 2.10. The molecule has 1 aromatic heterocycles. The minimum atomic E-state index is -0.168. The molecule has 3 aromatic rings. The van der Waals surface area contributed by atoms with Gasteiger partial charge < -0.3 is 15.2 Å². The molecule has 4 rings (SSSR count). The fourth-order valence-corrected chi connectivity index (χ4v) is 4.06. The van der Waals surface area contributed by atoms with Gasteiger partial charge in [-0.25, -0.2) is 4.98 Å². The molecule has 2 aromatic carbocycles. The summed E-state index contributed by atoms with van der Waals surface area (Å²) in [6.07, 6.45) is 3.88. The van der Waals surface area contributed by atoms with E-state index in [1.807, 2.05) is 42.6 Å². The summed E-state index contributed by atoms with van der Waals surface area (Å²) in [4.78, 5) is 29.5. The van der Waals surface area contributed by atoms with Crippen LogP contribution in [0.4, 0.5) is 5.69 Å². The summed E-state index contributed by atoms with van der Waals surface area (Å²) in [5.41, 5.74) is 3.15. The van der Waals surface area contributed by atoms with Crippen LogP contribution in [0.3, 0.4) is 0 Å². The van der Waals surface area contributed by atoms with E-state index < -0.39 is 0 Å². The number of anilines is 1. The quantitative estimate of drug-likeness (QED) is 0.536. The Morgan fingerprint density at radius 2 is 1.83 bits per heavy atom. The highest BCUT2D eigenvalue weighted by molar-refractivity contribution is 7.99. The lowest BCUT2D eigenvalue weighted by atomic mass is 10.1. The lowest BCUT2D eigenvalue weighted by Crippen LogP contribution is -2.27. The van der Waals surface area contributed by atoms with Crippen molar-refractivity contribution in [1.29, 1.82) is 0 Å². The van der Waals surface area contributed by atoms with Crippen LogP contribution in [0.15, 0.2) is 66.0 Å². The van der Waals surface area contributed by atoms with E-state index in [1.165, 1.54) is 11.8 Å². The first-order chi connectivity index (χ1) is 14.7. The lowest BCUT2D eigenvalue weighted by Gasteiger charge is -2.12. The number of hydrogen-bond donors (Lipinski definition) is 2. The minimum absolute atomic E-state index is 0.143. The zero-order chi connectivity index (χ0) is 20.9. The lowest BCUT2D eigenvalue weighted by molar-refractivity contribution is -0.113. The Hall–Kier alpha value is -3.06. The average molecular weight is 421 g/mol. The number of carbonyl (C=O) groups excluding carboxylic acids is 2. The Balaban J connectivity index is 1.41. The van der Waals surface area contributed by atoms with Crippen molar-refractivity contribution in [2.75, 3.05) is 11.1 Å². The summed E-state index contributed by atoms with van der Waals surface area (Å²) in [7, 11) is 0. The van der Waals surface area contributed by atoms with Crippen LogP contribution in [-0.2, 0) is 11.3 Å². The number of carbonyl (C=O) groups is 2. The normalized spacial score (nSPS) is 13.1. The van der Waals surface area contributed by atoms with E-state index in [0.29, 0.717) is 11.3 Å². The van der Waals surface area contributed by atoms with Gasteiger partial charge in [-0.2, -0.15) is 0 Å². The smallest absolute Gasteiger partial charge is 0.253 e. The Morgan fingerprint density at radius 1 is 1.10 bits per heavy atom. The molecule has 30 heavy (non-hydrogen) atoms. The molecule has 0 unspecified atom stereocenters. The first kappa shape index (κ1) is 20.2. The molecule has 0 atom stereocenters. The van der Waals surface area contributed by atoms with Gasteiger partial charge in [-0.05, 0) is 37.5 Å². The Kier molecular flexibility index (Phi) is 6.18. The van der Waals surface area contributed by atoms with Crippen LogP contribution < -0.4 is 10.6 Å². The maximum absolute atomic E-state index is 12.6. The van der Waals surface area contributed by atoms with Crippen molar-refractivity contribution in [2.24, 2.45) is 0 Å². The third kappa shape index (κ3) is 4.74. The van der Waals surface area contributed by atoms with Gasteiger partial charge in [0.15, 0.2) is 5.16 Å². The molecular weight excluding hydrogens is 396 g/mol. The van der Waals surface area contributed by atoms with E-state index in [1.54, 1.807) is 18.2 Å². The van der Waals surface area contributed by atoms with Crippen LogP contribution in [-0.4, -0.2) is 33.2 Å². The molecule has 1 saturated carbocycles. The largest absolute Gasteiger partial charge is 0.349 e. The van der Waals surface area contributed by atoms with E-state index >= 15 is 0 Å². The zero-order valence-corrected chi connectivity index (χ0v) is 17.6. The molecule has 0 bridgehead atoms. The maximum atomic E-state index is 12.6. The molecule has 6 nitrogen and oxygen atoms in total. The van der Waals surface area contributed by atoms with Crippen molar-refractivity contribution in [2.45, 2.75) is 37.5 Å². The van der Waals surface area contributed by atoms with Gasteiger partial charge in [-0.3, -0.25) is 9.59 Å². The highest BCUT2D eigenvalue weighted by atomic mass is 32.2. The van der Waals surface area contributed by atoms with Crippen LogP contribution in [0.1, 0.15) is 30.1 Å². The van der Waals surface area contributed by atoms with Crippen LogP contribution >= 0.6 is 11.8 Å². The van der Waals surface area contributed by atoms with E-state index in [4.69, 9.17) is 0 Å². The van der Waals surface area contributed by atoms with Gasteiger partial charge in [0.05, 0.1) is 28.9 Å². The Labute approximate surface area is 180 Å². The fourth-order valence-electron chi connectivity index (χ4n) is 3.22. The number of amides is 2. The molecule has 2 amide bonds. The van der Waals surface area contributed by atoms with Gasteiger partial charge in [0, 0.05) is 12.6 Å². The molecule has 0 aliphatic heterocycles. The van der Waals surface area contributed by atoms with Crippen LogP contribution in [0.25, 0.3) is 11.3 Å². The molecule has 1 heterocycles. The maximum Gasteiger partial charge on any atom is 0.253 e. The predicted octanol–water partition coefficient (Wildman–Crippen LogP) is 4.19. The number of hydrogen-bond acceptors (Lipinski definition) is 4. The van der Waals surface area contributed by atoms with Gasteiger partial charge in [0.25, 0.3) is 5.91 Å². The second kappa shape index (κ2) is 9.17. The zero-order valence-electron chi connectivity index (χ0n) is 16.8. The Morgan fingerprint density at radius 3 is 2.57 bits per heavy atom. The molecule has 0 spiro atoms. The number of benzene rings is 2. The Bertz CT molecular complexity index is 1040. The number of nitrogens with zero attached hydrogens (tertiary/aromatic N) is 2. The average Bonchev–Trinajstić information content (AvgIpc) is 3.48. The summed E-state index contributed by atoms with van der Waals surface area (Å²) in [6, 6.07) is 17.5. The van der Waals surface area contributed by atoms with Gasteiger partial charge in [-0.1, -0.05) is 54.2 Å². The number of nitrogens with one attached hydrogen (secondary N) is 2. The molecule has 1 aliphatic carbocycles. The van der Waals surface area contributed by atoms with Gasteiger partial charge in [0.1, 0.15) is 0 Å². The summed E-state index contributed by atoms with van der Waals surface area (Å²) in [6.45, 7) is 2.82.